The monoisotopic (exact) mass is 347 g/mol. The van der Waals surface area contributed by atoms with Crippen molar-refractivity contribution in [2.24, 2.45) is 5.92 Å². The zero-order chi connectivity index (χ0) is 17.3. The Labute approximate surface area is 144 Å². The second-order valence-electron chi connectivity index (χ2n) is 6.11. The summed E-state index contributed by atoms with van der Waals surface area (Å²) in [5, 5.41) is 3.55. The molecule has 2 aromatic rings. The first-order chi connectivity index (χ1) is 11.5. The maximum atomic E-state index is 12.5. The zero-order valence-corrected chi connectivity index (χ0v) is 14.6. The molecule has 1 heterocycles. The van der Waals surface area contributed by atoms with Gasteiger partial charge >= 0.3 is 0 Å². The van der Waals surface area contributed by atoms with E-state index in [-0.39, 0.29) is 17.5 Å². The van der Waals surface area contributed by atoms with E-state index in [0.717, 1.165) is 12.8 Å². The molecule has 0 spiro atoms. The number of nitrogens with zero attached hydrogens (tertiary/aromatic N) is 1. The number of aromatic nitrogens is 2. The summed E-state index contributed by atoms with van der Waals surface area (Å²) in [6.45, 7) is 2.88. The molecule has 1 saturated carbocycles. The van der Waals surface area contributed by atoms with Gasteiger partial charge in [0.15, 0.2) is 4.77 Å². The Morgan fingerprint density at radius 3 is 2.88 bits per heavy atom. The van der Waals surface area contributed by atoms with Crippen LogP contribution in [-0.2, 0) is 11.3 Å². The molecule has 1 aromatic heterocycles. The fourth-order valence-electron chi connectivity index (χ4n) is 2.91. The molecule has 1 aromatic carbocycles. The van der Waals surface area contributed by atoms with Gasteiger partial charge in [0.2, 0.25) is 0 Å². The second-order valence-corrected chi connectivity index (χ2v) is 6.50. The van der Waals surface area contributed by atoms with E-state index in [4.69, 9.17) is 17.0 Å². The van der Waals surface area contributed by atoms with Gasteiger partial charge in [-0.1, -0.05) is 0 Å². The van der Waals surface area contributed by atoms with Gasteiger partial charge in [0.05, 0.1) is 23.6 Å². The Morgan fingerprint density at radius 1 is 1.50 bits per heavy atom. The van der Waals surface area contributed by atoms with Crippen molar-refractivity contribution >= 4 is 29.0 Å². The fourth-order valence-corrected chi connectivity index (χ4v) is 3.23. The van der Waals surface area contributed by atoms with E-state index in [1.807, 2.05) is 6.92 Å². The van der Waals surface area contributed by atoms with Gasteiger partial charge in [-0.05, 0) is 56.1 Å². The third-order valence-electron chi connectivity index (χ3n) is 4.41. The molecular formula is C17H21N3O3S. The van der Waals surface area contributed by atoms with Crippen molar-refractivity contribution in [3.63, 3.8) is 0 Å². The third kappa shape index (κ3) is 3.27. The molecule has 24 heavy (non-hydrogen) atoms. The minimum absolute atomic E-state index is 0.0322. The number of H-pyrrole nitrogens is 1. The van der Waals surface area contributed by atoms with E-state index >= 15 is 0 Å². The van der Waals surface area contributed by atoms with Gasteiger partial charge in [-0.2, -0.15) is 0 Å². The first kappa shape index (κ1) is 16.9. The number of hydrogen-bond donors (Lipinski definition) is 2. The van der Waals surface area contributed by atoms with Gasteiger partial charge in [-0.25, -0.2) is 0 Å². The normalized spacial score (nSPS) is 15.4. The van der Waals surface area contributed by atoms with Crippen molar-refractivity contribution in [2.45, 2.75) is 32.4 Å². The van der Waals surface area contributed by atoms with E-state index < -0.39 is 0 Å². The van der Waals surface area contributed by atoms with Gasteiger partial charge in [0.1, 0.15) is 0 Å². The summed E-state index contributed by atoms with van der Waals surface area (Å²) >= 11 is 5.21. The minimum Gasteiger partial charge on any atom is -0.383 e. The average Bonchev–Trinajstić information content (AvgIpc) is 3.39. The van der Waals surface area contributed by atoms with Crippen LogP contribution in [0.15, 0.2) is 23.0 Å². The van der Waals surface area contributed by atoms with Crippen molar-refractivity contribution in [1.29, 1.82) is 0 Å². The lowest BCUT2D eigenvalue weighted by Crippen LogP contribution is -2.39. The van der Waals surface area contributed by atoms with Gasteiger partial charge < -0.3 is 15.0 Å². The van der Waals surface area contributed by atoms with Crippen molar-refractivity contribution in [3.8, 4) is 0 Å². The number of rotatable bonds is 6. The summed E-state index contributed by atoms with van der Waals surface area (Å²) in [6, 6.07) is 5.06. The first-order valence-corrected chi connectivity index (χ1v) is 8.52. The Kier molecular flexibility index (Phi) is 4.82. The Morgan fingerprint density at radius 2 is 2.25 bits per heavy atom. The Balaban J connectivity index is 1.91. The maximum Gasteiger partial charge on any atom is 0.262 e. The van der Waals surface area contributed by atoms with Crippen LogP contribution < -0.4 is 10.9 Å². The van der Waals surface area contributed by atoms with Gasteiger partial charge in [0, 0.05) is 19.2 Å². The molecule has 1 aliphatic carbocycles. The van der Waals surface area contributed by atoms with Crippen LogP contribution in [0.25, 0.3) is 10.9 Å². The van der Waals surface area contributed by atoms with Crippen LogP contribution in [0.5, 0.6) is 0 Å². The van der Waals surface area contributed by atoms with E-state index in [1.54, 1.807) is 25.3 Å². The Bertz CT molecular complexity index is 883. The molecule has 1 aliphatic rings. The highest BCUT2D eigenvalue weighted by molar-refractivity contribution is 7.71. The predicted octanol–water partition coefficient (Wildman–Crippen LogP) is 2.23. The standard InChI is InChI=1S/C17H21N3O3S/c1-3-20-16(22)12-7-6-11(8-13(12)19-17(20)24)15(21)18-14(9-23-2)10-4-5-10/h6-8,10,14H,3-5,9H2,1-2H3,(H,18,21)(H,19,24). The lowest BCUT2D eigenvalue weighted by Gasteiger charge is -2.17. The van der Waals surface area contributed by atoms with Gasteiger partial charge in [-0.15, -0.1) is 0 Å². The lowest BCUT2D eigenvalue weighted by atomic mass is 10.1. The van der Waals surface area contributed by atoms with Crippen LogP contribution in [0.2, 0.25) is 0 Å². The number of carbonyl (C=O) groups excluding carboxylic acids is 1. The first-order valence-electron chi connectivity index (χ1n) is 8.11. The van der Waals surface area contributed by atoms with Gasteiger partial charge in [0.25, 0.3) is 11.5 Å². The molecule has 0 radical (unpaired) electrons. The molecule has 6 nitrogen and oxygen atoms in total. The molecule has 1 unspecified atom stereocenters. The number of fused-ring (bicyclic) bond motifs is 1. The molecule has 0 saturated heterocycles. The van der Waals surface area contributed by atoms with E-state index in [9.17, 15) is 9.59 Å². The second kappa shape index (κ2) is 6.86. The highest BCUT2D eigenvalue weighted by Gasteiger charge is 2.32. The molecule has 2 N–H and O–H groups in total. The van der Waals surface area contributed by atoms with Crippen molar-refractivity contribution in [1.82, 2.24) is 14.9 Å². The number of carbonyl (C=O) groups is 1. The molecule has 1 amide bonds. The number of aromatic amines is 1. The number of nitrogens with one attached hydrogen (secondary N) is 2. The zero-order valence-electron chi connectivity index (χ0n) is 13.8. The molecule has 3 rings (SSSR count). The van der Waals surface area contributed by atoms with Crippen molar-refractivity contribution in [3.05, 3.63) is 38.9 Å². The third-order valence-corrected chi connectivity index (χ3v) is 4.74. The number of hydrogen-bond acceptors (Lipinski definition) is 4. The quantitative estimate of drug-likeness (QED) is 0.786. The summed E-state index contributed by atoms with van der Waals surface area (Å²) in [7, 11) is 1.64. The summed E-state index contributed by atoms with van der Waals surface area (Å²) in [4.78, 5) is 27.9. The highest BCUT2D eigenvalue weighted by atomic mass is 32.1. The molecular weight excluding hydrogens is 326 g/mol. The van der Waals surface area contributed by atoms with E-state index in [1.165, 1.54) is 4.57 Å². The SMILES string of the molecule is CCn1c(=S)[nH]c2cc(C(=O)NC(COC)C3CC3)ccc2c1=O. The largest absolute Gasteiger partial charge is 0.383 e. The predicted molar refractivity (Wildman–Crippen MR) is 94.9 cm³/mol. The Hall–Kier alpha value is -1.99. The van der Waals surface area contributed by atoms with E-state index in [2.05, 4.69) is 10.3 Å². The fraction of sp³-hybridized carbons (Fsp3) is 0.471. The molecule has 1 atom stereocenters. The van der Waals surface area contributed by atoms with Crippen LogP contribution in [0, 0.1) is 10.7 Å². The summed E-state index contributed by atoms with van der Waals surface area (Å²) < 4.78 is 7.05. The van der Waals surface area contributed by atoms with Crippen LogP contribution in [-0.4, -0.2) is 35.2 Å². The van der Waals surface area contributed by atoms with Crippen LogP contribution in [0.3, 0.4) is 0 Å². The molecule has 1 fully saturated rings. The minimum atomic E-state index is -0.162. The molecule has 7 heteroatoms. The van der Waals surface area contributed by atoms with Crippen molar-refractivity contribution < 1.29 is 9.53 Å². The van der Waals surface area contributed by atoms with Gasteiger partial charge in [-0.3, -0.25) is 14.2 Å². The smallest absolute Gasteiger partial charge is 0.262 e. The average molecular weight is 347 g/mol. The van der Waals surface area contributed by atoms with Crippen LogP contribution in [0.1, 0.15) is 30.1 Å². The van der Waals surface area contributed by atoms with Crippen LogP contribution in [0.4, 0.5) is 0 Å². The van der Waals surface area contributed by atoms with E-state index in [0.29, 0.717) is 40.3 Å². The lowest BCUT2D eigenvalue weighted by molar-refractivity contribution is 0.0884. The maximum absolute atomic E-state index is 12.5. The van der Waals surface area contributed by atoms with Crippen molar-refractivity contribution in [2.75, 3.05) is 13.7 Å². The highest BCUT2D eigenvalue weighted by Crippen LogP contribution is 2.32. The number of methoxy groups -OCH3 is 1. The number of ether oxygens (including phenoxy) is 1. The topological polar surface area (TPSA) is 76.1 Å². The molecule has 0 aliphatic heterocycles. The van der Waals surface area contributed by atoms with Crippen LogP contribution >= 0.6 is 12.2 Å². The number of amides is 1. The number of benzene rings is 1. The summed E-state index contributed by atoms with van der Waals surface area (Å²) in [6.07, 6.45) is 2.24. The molecule has 0 bridgehead atoms. The molecule has 128 valence electrons. The summed E-state index contributed by atoms with van der Waals surface area (Å²) in [5.74, 6) is 0.335. The summed E-state index contributed by atoms with van der Waals surface area (Å²) in [5.41, 5.74) is 0.944.